The minimum atomic E-state index is -0.974. The van der Waals surface area contributed by atoms with Gasteiger partial charge in [0, 0.05) is 36.1 Å². The second-order valence-electron chi connectivity index (χ2n) is 9.67. The number of aromatic carboxylic acids is 1. The fraction of sp³-hybridized carbons (Fsp3) is 0.323. The molecule has 4 unspecified atom stereocenters. The summed E-state index contributed by atoms with van der Waals surface area (Å²) in [5.74, 6) is -1.35. The highest BCUT2D eigenvalue weighted by atomic mass is 32.2. The molecule has 1 fully saturated rings. The topological polar surface area (TPSA) is 131 Å². The van der Waals surface area contributed by atoms with Gasteiger partial charge in [-0.3, -0.25) is 9.59 Å². The highest BCUT2D eigenvalue weighted by Gasteiger charge is 2.32. The minimum absolute atomic E-state index is 0.0464. The van der Waals surface area contributed by atoms with Crippen LogP contribution in [0.15, 0.2) is 77.7 Å². The molecule has 1 heterocycles. The number of amides is 1. The number of benzene rings is 3. The molecule has 4 atom stereocenters. The Morgan fingerprint density at radius 2 is 1.63 bits per heavy atom. The van der Waals surface area contributed by atoms with Gasteiger partial charge in [-0.1, -0.05) is 60.7 Å². The largest absolute Gasteiger partial charge is 0.478 e. The lowest BCUT2D eigenvalue weighted by atomic mass is 10.0. The molecular formula is C31H33NO8S. The molecule has 1 aliphatic rings. The van der Waals surface area contributed by atoms with Gasteiger partial charge in [-0.15, -0.1) is 11.8 Å². The number of rotatable bonds is 11. The van der Waals surface area contributed by atoms with Crippen molar-refractivity contribution in [3.63, 3.8) is 0 Å². The van der Waals surface area contributed by atoms with Gasteiger partial charge in [0.15, 0.2) is 12.4 Å². The highest BCUT2D eigenvalue weighted by molar-refractivity contribution is 7.99. The first kappa shape index (κ1) is 30.3. The fourth-order valence-electron chi connectivity index (χ4n) is 4.40. The molecule has 4 rings (SSSR count). The van der Waals surface area contributed by atoms with E-state index >= 15 is 0 Å². The van der Waals surface area contributed by atoms with Gasteiger partial charge >= 0.3 is 11.9 Å². The average Bonchev–Trinajstić information content (AvgIpc) is 2.98. The van der Waals surface area contributed by atoms with Crippen molar-refractivity contribution >= 4 is 29.6 Å². The molecule has 41 heavy (non-hydrogen) atoms. The average molecular weight is 580 g/mol. The van der Waals surface area contributed by atoms with Crippen molar-refractivity contribution in [1.82, 2.24) is 5.32 Å². The van der Waals surface area contributed by atoms with Crippen molar-refractivity contribution in [3.05, 3.63) is 101 Å². The Balaban J connectivity index is 1.47. The number of esters is 1. The highest BCUT2D eigenvalue weighted by Crippen LogP contribution is 2.39. The van der Waals surface area contributed by atoms with Gasteiger partial charge in [0.05, 0.1) is 24.4 Å². The quantitative estimate of drug-likeness (QED) is 0.217. The van der Waals surface area contributed by atoms with Crippen LogP contribution in [-0.2, 0) is 37.0 Å². The summed E-state index contributed by atoms with van der Waals surface area (Å²) in [7, 11) is 0. The molecule has 1 saturated heterocycles. The number of carboxylic acids is 1. The van der Waals surface area contributed by atoms with Crippen LogP contribution >= 0.6 is 11.8 Å². The Kier molecular flexibility index (Phi) is 10.5. The fourth-order valence-corrected chi connectivity index (χ4v) is 5.47. The number of aliphatic hydroxyl groups is 1. The lowest BCUT2D eigenvalue weighted by Crippen LogP contribution is -2.35. The van der Waals surface area contributed by atoms with Crippen LogP contribution in [0.25, 0.3) is 0 Å². The van der Waals surface area contributed by atoms with Crippen LogP contribution in [0, 0.1) is 0 Å². The summed E-state index contributed by atoms with van der Waals surface area (Å²) in [5.41, 5.74) is 3.66. The maximum absolute atomic E-state index is 12.2. The zero-order chi connectivity index (χ0) is 29.4. The molecule has 3 aromatic rings. The molecule has 0 bridgehead atoms. The molecular weight excluding hydrogens is 546 g/mol. The second kappa shape index (κ2) is 14.3. The zero-order valence-electron chi connectivity index (χ0n) is 22.8. The number of carboxylic acid groups (broad SMARTS) is 1. The Labute approximate surface area is 242 Å². The summed E-state index contributed by atoms with van der Waals surface area (Å²) >= 11 is 1.43. The Hall–Kier alpha value is -3.70. The van der Waals surface area contributed by atoms with E-state index in [1.807, 2.05) is 54.6 Å². The summed E-state index contributed by atoms with van der Waals surface area (Å²) in [6.45, 7) is 2.99. The molecule has 10 heteroatoms. The van der Waals surface area contributed by atoms with Crippen molar-refractivity contribution in [3.8, 4) is 0 Å². The molecule has 0 aliphatic carbocycles. The Morgan fingerprint density at radius 3 is 2.29 bits per heavy atom. The first-order chi connectivity index (χ1) is 19.7. The van der Waals surface area contributed by atoms with Crippen molar-refractivity contribution < 1.29 is 38.8 Å². The van der Waals surface area contributed by atoms with E-state index in [2.05, 4.69) is 5.32 Å². The summed E-state index contributed by atoms with van der Waals surface area (Å²) in [6.07, 6.45) is -1.48. The maximum atomic E-state index is 12.2. The smallest absolute Gasteiger partial charge is 0.336 e. The number of ether oxygens (including phenoxy) is 3. The van der Waals surface area contributed by atoms with Crippen molar-refractivity contribution in [2.24, 2.45) is 0 Å². The summed E-state index contributed by atoms with van der Waals surface area (Å²) in [6, 6.07) is 22.0. The number of thioether (sulfide) groups is 1. The Bertz CT molecular complexity index is 1340. The van der Waals surface area contributed by atoms with Gasteiger partial charge in [0.25, 0.3) is 5.91 Å². The van der Waals surface area contributed by atoms with Crippen LogP contribution in [0.5, 0.6) is 0 Å². The number of nitrogens with one attached hydrogen (secondary N) is 1. The van der Waals surface area contributed by atoms with E-state index in [1.165, 1.54) is 25.6 Å². The normalized spacial score (nSPS) is 19.2. The number of carbonyl (C=O) groups excluding carboxylic acids is 2. The molecule has 0 radical (unpaired) electrons. The van der Waals surface area contributed by atoms with Crippen LogP contribution in [0.2, 0.25) is 0 Å². The van der Waals surface area contributed by atoms with E-state index in [9.17, 15) is 24.6 Å². The van der Waals surface area contributed by atoms with Crippen molar-refractivity contribution in [2.45, 2.75) is 62.9 Å². The third kappa shape index (κ3) is 8.40. The molecule has 0 aromatic heterocycles. The standard InChI is InChI=1S/C31H33NO8S/c1-19(38-20(2)34)29(35)32-16-21-7-13-24(14-8-21)31-39-25(18-41-28-6-4-3-5-26(28)30(36)37)15-27(40-31)23-11-9-22(17-33)10-12-23/h3-14,19,25,27,31,33H,15-18H2,1-2H3,(H,32,35)(H,36,37). The zero-order valence-corrected chi connectivity index (χ0v) is 23.6. The third-order valence-electron chi connectivity index (χ3n) is 6.59. The van der Waals surface area contributed by atoms with Crippen molar-refractivity contribution in [2.75, 3.05) is 5.75 Å². The number of hydrogen-bond acceptors (Lipinski definition) is 8. The van der Waals surface area contributed by atoms with E-state index in [0.29, 0.717) is 17.1 Å². The SMILES string of the molecule is CC(=O)OC(C)C(=O)NCc1ccc(C2OC(CSc3ccccc3C(=O)O)CC(c3ccc(CO)cc3)O2)cc1. The Morgan fingerprint density at radius 1 is 0.976 bits per heavy atom. The van der Waals surface area contributed by atoms with Gasteiger partial charge in [0.1, 0.15) is 0 Å². The predicted molar refractivity (Wildman–Crippen MR) is 152 cm³/mol. The van der Waals surface area contributed by atoms with Gasteiger partial charge in [0.2, 0.25) is 0 Å². The van der Waals surface area contributed by atoms with E-state index < -0.39 is 24.3 Å². The van der Waals surface area contributed by atoms with Gasteiger partial charge < -0.3 is 29.7 Å². The van der Waals surface area contributed by atoms with E-state index in [-0.39, 0.29) is 36.8 Å². The number of aliphatic hydroxyl groups excluding tert-OH is 1. The molecule has 3 aromatic carbocycles. The van der Waals surface area contributed by atoms with Crippen LogP contribution in [-0.4, -0.2) is 46.0 Å². The van der Waals surface area contributed by atoms with E-state index in [0.717, 1.165) is 22.3 Å². The molecule has 0 saturated carbocycles. The molecule has 1 aliphatic heterocycles. The van der Waals surface area contributed by atoms with E-state index in [1.54, 1.807) is 18.2 Å². The number of hydrogen-bond donors (Lipinski definition) is 3. The molecule has 216 valence electrons. The summed E-state index contributed by atoms with van der Waals surface area (Å²) in [4.78, 5) is 35.6. The summed E-state index contributed by atoms with van der Waals surface area (Å²) in [5, 5.41) is 21.7. The minimum Gasteiger partial charge on any atom is -0.478 e. The molecule has 9 nitrogen and oxygen atoms in total. The monoisotopic (exact) mass is 579 g/mol. The lowest BCUT2D eigenvalue weighted by molar-refractivity contribution is -0.245. The van der Waals surface area contributed by atoms with Crippen molar-refractivity contribution in [1.29, 1.82) is 0 Å². The second-order valence-corrected chi connectivity index (χ2v) is 10.7. The molecule has 3 N–H and O–H groups in total. The number of carbonyl (C=O) groups is 3. The summed E-state index contributed by atoms with van der Waals surface area (Å²) < 4.78 is 17.6. The van der Waals surface area contributed by atoms with Gasteiger partial charge in [-0.2, -0.15) is 0 Å². The van der Waals surface area contributed by atoms with Crippen LogP contribution in [0.3, 0.4) is 0 Å². The van der Waals surface area contributed by atoms with Crippen LogP contribution in [0.1, 0.15) is 65.3 Å². The van der Waals surface area contributed by atoms with Gasteiger partial charge in [-0.25, -0.2) is 4.79 Å². The maximum Gasteiger partial charge on any atom is 0.336 e. The van der Waals surface area contributed by atoms with Crippen LogP contribution < -0.4 is 5.32 Å². The first-order valence-electron chi connectivity index (χ1n) is 13.2. The van der Waals surface area contributed by atoms with E-state index in [4.69, 9.17) is 14.2 Å². The lowest BCUT2D eigenvalue weighted by Gasteiger charge is -2.36. The third-order valence-corrected chi connectivity index (χ3v) is 7.79. The van der Waals surface area contributed by atoms with Gasteiger partial charge in [-0.05, 0) is 35.7 Å². The predicted octanol–water partition coefficient (Wildman–Crippen LogP) is 4.78. The molecule has 1 amide bonds. The first-order valence-corrected chi connectivity index (χ1v) is 14.2. The van der Waals surface area contributed by atoms with Crippen LogP contribution in [0.4, 0.5) is 0 Å². The molecule has 0 spiro atoms.